The maximum absolute atomic E-state index is 12.7. The van der Waals surface area contributed by atoms with E-state index in [9.17, 15) is 23.1 Å². The molecule has 3 aromatic rings. The van der Waals surface area contributed by atoms with E-state index in [1.54, 1.807) is 54.6 Å². The summed E-state index contributed by atoms with van der Waals surface area (Å²) in [5.41, 5.74) is 2.22. The Labute approximate surface area is 191 Å². The molecular formula is C23H21ClN2O5S. The fourth-order valence-electron chi connectivity index (χ4n) is 2.98. The van der Waals surface area contributed by atoms with Gasteiger partial charge in [0.2, 0.25) is 15.9 Å². The van der Waals surface area contributed by atoms with Crippen LogP contribution >= 0.6 is 11.6 Å². The topological polar surface area (TPSA) is 113 Å². The Kier molecular flexibility index (Phi) is 7.63. The monoisotopic (exact) mass is 472 g/mol. The number of carboxylic acid groups (broad SMARTS) is 1. The van der Waals surface area contributed by atoms with E-state index in [-0.39, 0.29) is 17.7 Å². The molecule has 0 spiro atoms. The normalized spacial score (nSPS) is 12.2. The van der Waals surface area contributed by atoms with Crippen LogP contribution in [0.3, 0.4) is 0 Å². The third-order valence-electron chi connectivity index (χ3n) is 4.66. The Morgan fingerprint density at radius 2 is 1.44 bits per heavy atom. The first kappa shape index (κ1) is 23.5. The SMILES string of the molecule is O=C(CCC(NS(=O)(=O)c1ccc(-c2ccc(Cl)cc2)cc1)C(=O)O)Nc1ccccc1. The van der Waals surface area contributed by atoms with Crippen LogP contribution in [-0.4, -0.2) is 31.4 Å². The van der Waals surface area contributed by atoms with Gasteiger partial charge in [0.25, 0.3) is 0 Å². The van der Waals surface area contributed by atoms with Gasteiger partial charge in [-0.15, -0.1) is 0 Å². The fourth-order valence-corrected chi connectivity index (χ4v) is 4.33. The van der Waals surface area contributed by atoms with E-state index >= 15 is 0 Å². The first-order valence-electron chi connectivity index (χ1n) is 9.70. The van der Waals surface area contributed by atoms with E-state index in [0.717, 1.165) is 11.1 Å². The van der Waals surface area contributed by atoms with Crippen LogP contribution in [0.2, 0.25) is 5.02 Å². The highest BCUT2D eigenvalue weighted by Crippen LogP contribution is 2.23. The van der Waals surface area contributed by atoms with Crippen LogP contribution in [0.5, 0.6) is 0 Å². The van der Waals surface area contributed by atoms with Crippen LogP contribution in [0.1, 0.15) is 12.8 Å². The number of benzene rings is 3. The molecule has 0 radical (unpaired) electrons. The highest BCUT2D eigenvalue weighted by Gasteiger charge is 2.26. The second-order valence-corrected chi connectivity index (χ2v) is 9.15. The van der Waals surface area contributed by atoms with Crippen LogP contribution in [0, 0.1) is 0 Å². The van der Waals surface area contributed by atoms with Crippen LogP contribution < -0.4 is 10.0 Å². The van der Waals surface area contributed by atoms with Gasteiger partial charge in [0, 0.05) is 17.1 Å². The van der Waals surface area contributed by atoms with Gasteiger partial charge in [-0.05, 0) is 53.9 Å². The lowest BCUT2D eigenvalue weighted by Crippen LogP contribution is -2.41. The summed E-state index contributed by atoms with van der Waals surface area (Å²) in [4.78, 5) is 23.6. The molecular weight excluding hydrogens is 452 g/mol. The van der Waals surface area contributed by atoms with Gasteiger partial charge in [-0.1, -0.05) is 54.1 Å². The smallest absolute Gasteiger partial charge is 0.321 e. The highest BCUT2D eigenvalue weighted by molar-refractivity contribution is 7.89. The zero-order valence-electron chi connectivity index (χ0n) is 16.9. The van der Waals surface area contributed by atoms with Crippen molar-refractivity contribution in [3.05, 3.63) is 83.9 Å². The van der Waals surface area contributed by atoms with Crippen molar-refractivity contribution in [3.63, 3.8) is 0 Å². The number of amides is 1. The molecule has 3 aromatic carbocycles. The van der Waals surface area contributed by atoms with Crippen molar-refractivity contribution in [2.45, 2.75) is 23.8 Å². The number of para-hydroxylation sites is 1. The Morgan fingerprint density at radius 3 is 2.00 bits per heavy atom. The quantitative estimate of drug-likeness (QED) is 0.433. The van der Waals surface area contributed by atoms with Crippen LogP contribution in [0.4, 0.5) is 5.69 Å². The zero-order chi connectivity index (χ0) is 23.1. The molecule has 9 heteroatoms. The maximum atomic E-state index is 12.7. The number of aliphatic carboxylic acids is 1. The summed E-state index contributed by atoms with van der Waals surface area (Å²) < 4.78 is 27.5. The molecule has 0 saturated heterocycles. The van der Waals surface area contributed by atoms with E-state index in [0.29, 0.717) is 10.7 Å². The van der Waals surface area contributed by atoms with Crippen molar-refractivity contribution >= 4 is 39.2 Å². The van der Waals surface area contributed by atoms with Crippen molar-refractivity contribution in [1.29, 1.82) is 0 Å². The average Bonchev–Trinajstić information content (AvgIpc) is 2.78. The summed E-state index contributed by atoms with van der Waals surface area (Å²) in [6.45, 7) is 0. The molecule has 0 saturated carbocycles. The number of rotatable bonds is 9. The summed E-state index contributed by atoms with van der Waals surface area (Å²) in [7, 11) is -4.10. The highest BCUT2D eigenvalue weighted by atomic mass is 35.5. The van der Waals surface area contributed by atoms with Gasteiger partial charge in [-0.3, -0.25) is 9.59 Å². The molecule has 0 bridgehead atoms. The molecule has 1 atom stereocenters. The molecule has 166 valence electrons. The summed E-state index contributed by atoms with van der Waals surface area (Å²) in [6, 6.07) is 20.4. The van der Waals surface area contributed by atoms with Crippen LogP contribution in [0.25, 0.3) is 11.1 Å². The minimum atomic E-state index is -4.10. The van der Waals surface area contributed by atoms with Crippen molar-refractivity contribution in [3.8, 4) is 11.1 Å². The second-order valence-electron chi connectivity index (χ2n) is 7.00. The summed E-state index contributed by atoms with van der Waals surface area (Å²) in [5.74, 6) is -1.77. The van der Waals surface area contributed by atoms with Gasteiger partial charge in [-0.25, -0.2) is 8.42 Å². The molecule has 0 aliphatic rings. The first-order chi connectivity index (χ1) is 15.2. The standard InChI is InChI=1S/C23H21ClN2O5S/c24-18-10-6-16(7-11-18)17-8-12-20(13-9-17)32(30,31)26-21(23(28)29)14-15-22(27)25-19-4-2-1-3-5-19/h1-13,21,26H,14-15H2,(H,25,27)(H,28,29). The van der Waals surface area contributed by atoms with Crippen molar-refractivity contribution in [1.82, 2.24) is 4.72 Å². The van der Waals surface area contributed by atoms with Gasteiger partial charge in [0.1, 0.15) is 6.04 Å². The molecule has 3 N–H and O–H groups in total. The van der Waals surface area contributed by atoms with Crippen molar-refractivity contribution in [2.75, 3.05) is 5.32 Å². The Balaban J connectivity index is 1.65. The molecule has 0 aromatic heterocycles. The number of sulfonamides is 1. The third kappa shape index (κ3) is 6.40. The van der Waals surface area contributed by atoms with Gasteiger partial charge in [0.05, 0.1) is 4.90 Å². The number of carboxylic acids is 1. The molecule has 7 nitrogen and oxygen atoms in total. The number of hydrogen-bond acceptors (Lipinski definition) is 4. The maximum Gasteiger partial charge on any atom is 0.321 e. The van der Waals surface area contributed by atoms with E-state index in [4.69, 9.17) is 11.6 Å². The predicted molar refractivity (Wildman–Crippen MR) is 123 cm³/mol. The minimum absolute atomic E-state index is 0.0739. The Bertz CT molecular complexity index is 1180. The van der Waals surface area contributed by atoms with Crippen LogP contribution in [0.15, 0.2) is 83.8 Å². The molecule has 0 fully saturated rings. The number of halogens is 1. The molecule has 1 amide bonds. The Morgan fingerprint density at radius 1 is 0.875 bits per heavy atom. The number of hydrogen-bond donors (Lipinski definition) is 3. The lowest BCUT2D eigenvalue weighted by Gasteiger charge is -2.15. The first-order valence-corrected chi connectivity index (χ1v) is 11.6. The third-order valence-corrected chi connectivity index (χ3v) is 6.39. The lowest BCUT2D eigenvalue weighted by atomic mass is 10.1. The number of nitrogens with one attached hydrogen (secondary N) is 2. The van der Waals surface area contributed by atoms with E-state index < -0.39 is 27.9 Å². The molecule has 32 heavy (non-hydrogen) atoms. The Hall–Kier alpha value is -3.20. The largest absolute Gasteiger partial charge is 0.480 e. The van der Waals surface area contributed by atoms with E-state index in [1.807, 2.05) is 12.1 Å². The molecule has 3 rings (SSSR count). The van der Waals surface area contributed by atoms with Crippen molar-refractivity contribution < 1.29 is 23.1 Å². The van der Waals surface area contributed by atoms with Gasteiger partial charge < -0.3 is 10.4 Å². The van der Waals surface area contributed by atoms with Gasteiger partial charge in [-0.2, -0.15) is 4.72 Å². The lowest BCUT2D eigenvalue weighted by molar-refractivity contribution is -0.139. The number of anilines is 1. The van der Waals surface area contributed by atoms with Gasteiger partial charge >= 0.3 is 5.97 Å². The molecule has 0 heterocycles. The summed E-state index contributed by atoms with van der Waals surface area (Å²) in [5, 5.41) is 12.7. The number of carbonyl (C=O) groups is 2. The number of carbonyl (C=O) groups excluding carboxylic acids is 1. The molecule has 0 aliphatic carbocycles. The molecule has 1 unspecified atom stereocenters. The molecule has 0 aliphatic heterocycles. The van der Waals surface area contributed by atoms with Crippen LogP contribution in [-0.2, 0) is 19.6 Å². The second kappa shape index (κ2) is 10.4. The summed E-state index contributed by atoms with van der Waals surface area (Å²) >= 11 is 5.88. The van der Waals surface area contributed by atoms with E-state index in [1.165, 1.54) is 12.1 Å². The predicted octanol–water partition coefficient (Wildman–Crippen LogP) is 4.16. The zero-order valence-corrected chi connectivity index (χ0v) is 18.4. The van der Waals surface area contributed by atoms with E-state index in [2.05, 4.69) is 10.0 Å². The average molecular weight is 473 g/mol. The van der Waals surface area contributed by atoms with Crippen molar-refractivity contribution in [2.24, 2.45) is 0 Å². The fraction of sp³-hybridized carbons (Fsp3) is 0.130. The minimum Gasteiger partial charge on any atom is -0.480 e. The summed E-state index contributed by atoms with van der Waals surface area (Å²) in [6.07, 6.45) is -0.361. The van der Waals surface area contributed by atoms with Gasteiger partial charge in [0.15, 0.2) is 0 Å².